The Morgan fingerprint density at radius 1 is 0.955 bits per heavy atom. The average Bonchev–Trinajstić information content (AvgIpc) is 2.55. The molecule has 2 aromatic carbocycles. The van der Waals surface area contributed by atoms with Crippen LogP contribution >= 0.6 is 11.3 Å². The van der Waals surface area contributed by atoms with Gasteiger partial charge in [0.1, 0.15) is 5.75 Å². The highest BCUT2D eigenvalue weighted by atomic mass is 32.1. The number of fused-ring (bicyclic) bond motifs is 2. The Labute approximate surface area is 132 Å². The van der Waals surface area contributed by atoms with Gasteiger partial charge in [-0.15, -0.1) is 11.3 Å². The molecule has 0 aliphatic heterocycles. The third kappa shape index (κ3) is 2.22. The highest BCUT2D eigenvalue weighted by molar-refractivity contribution is 7.18. The van der Waals surface area contributed by atoms with Gasteiger partial charge in [-0.05, 0) is 61.1 Å². The maximum absolute atomic E-state index is 12.6. The number of hydrogen-bond acceptors (Lipinski definition) is 3. The van der Waals surface area contributed by atoms with Gasteiger partial charge in [0.2, 0.25) is 0 Å². The molecule has 0 bridgehead atoms. The van der Waals surface area contributed by atoms with Crippen LogP contribution < -0.4 is 5.43 Å². The van der Waals surface area contributed by atoms with Crippen molar-refractivity contribution < 1.29 is 5.11 Å². The molecule has 0 atom stereocenters. The molecule has 0 amide bonds. The van der Waals surface area contributed by atoms with Crippen molar-refractivity contribution in [2.24, 2.45) is 0 Å². The third-order valence-corrected chi connectivity index (χ3v) is 5.58. The maximum Gasteiger partial charge on any atom is 0.191 e. The third-order valence-electron chi connectivity index (χ3n) is 4.33. The van der Waals surface area contributed by atoms with E-state index in [1.54, 1.807) is 23.5 Å². The first-order valence-electron chi connectivity index (χ1n) is 7.60. The zero-order valence-electron chi connectivity index (χ0n) is 12.1. The summed E-state index contributed by atoms with van der Waals surface area (Å²) in [7, 11) is 0. The van der Waals surface area contributed by atoms with E-state index in [4.69, 9.17) is 0 Å². The van der Waals surface area contributed by atoms with Gasteiger partial charge in [-0.2, -0.15) is 0 Å². The molecule has 4 rings (SSSR count). The minimum atomic E-state index is 0.214. The monoisotopic (exact) mass is 308 g/mol. The Morgan fingerprint density at radius 2 is 1.77 bits per heavy atom. The smallest absolute Gasteiger partial charge is 0.191 e. The highest BCUT2D eigenvalue weighted by Gasteiger charge is 2.16. The number of benzene rings is 2. The molecule has 22 heavy (non-hydrogen) atoms. The molecule has 1 aromatic heterocycles. The van der Waals surface area contributed by atoms with Gasteiger partial charge >= 0.3 is 0 Å². The minimum absolute atomic E-state index is 0.214. The number of aryl methyl sites for hydroxylation is 1. The van der Waals surface area contributed by atoms with Crippen molar-refractivity contribution >= 4 is 21.4 Å². The molecule has 1 aliphatic rings. The second kappa shape index (κ2) is 5.25. The molecule has 0 spiro atoms. The molecule has 3 aromatic rings. The summed E-state index contributed by atoms with van der Waals surface area (Å²) in [5.41, 5.74) is 3.26. The molecule has 2 nitrogen and oxygen atoms in total. The van der Waals surface area contributed by atoms with Crippen LogP contribution in [0, 0.1) is 0 Å². The van der Waals surface area contributed by atoms with Gasteiger partial charge in [-0.3, -0.25) is 4.79 Å². The fraction of sp³-hybridized carbons (Fsp3) is 0.211. The second-order valence-electron chi connectivity index (χ2n) is 5.80. The zero-order chi connectivity index (χ0) is 15.1. The van der Waals surface area contributed by atoms with Crippen LogP contribution in [0.25, 0.3) is 21.2 Å². The van der Waals surface area contributed by atoms with Crippen molar-refractivity contribution in [3.63, 3.8) is 0 Å². The Bertz CT molecular complexity index is 924. The van der Waals surface area contributed by atoms with E-state index in [1.165, 1.54) is 11.3 Å². The molecule has 0 radical (unpaired) electrons. The zero-order valence-corrected chi connectivity index (χ0v) is 13.0. The summed E-state index contributed by atoms with van der Waals surface area (Å²) in [5.74, 6) is 0.260. The van der Waals surface area contributed by atoms with Crippen molar-refractivity contribution in [2.75, 3.05) is 0 Å². The predicted octanol–water partition coefficient (Wildman–Crippen LogP) is 4.51. The summed E-state index contributed by atoms with van der Waals surface area (Å²) < 4.78 is 1.05. The van der Waals surface area contributed by atoms with E-state index in [1.807, 2.05) is 24.3 Å². The number of hydrogen-bond donors (Lipinski definition) is 1. The summed E-state index contributed by atoms with van der Waals surface area (Å²) in [6.45, 7) is 0. The quantitative estimate of drug-likeness (QED) is 0.718. The van der Waals surface area contributed by atoms with Gasteiger partial charge in [0.15, 0.2) is 5.43 Å². The SMILES string of the molecule is O=c1c2c(sc3cc(-c4cccc(O)c4)ccc13)CCCC2. The lowest BCUT2D eigenvalue weighted by molar-refractivity contribution is 0.475. The van der Waals surface area contributed by atoms with E-state index in [0.29, 0.717) is 0 Å². The lowest BCUT2D eigenvalue weighted by Crippen LogP contribution is -2.15. The molecule has 0 saturated carbocycles. The normalized spacial score (nSPS) is 14.0. The van der Waals surface area contributed by atoms with E-state index < -0.39 is 0 Å². The van der Waals surface area contributed by atoms with Crippen molar-refractivity contribution in [1.82, 2.24) is 0 Å². The van der Waals surface area contributed by atoms with Crippen LogP contribution in [-0.2, 0) is 12.8 Å². The molecular weight excluding hydrogens is 292 g/mol. The molecule has 1 heterocycles. The molecule has 1 N–H and O–H groups in total. The van der Waals surface area contributed by atoms with Crippen LogP contribution in [0.2, 0.25) is 0 Å². The van der Waals surface area contributed by atoms with Gasteiger partial charge < -0.3 is 5.11 Å². The van der Waals surface area contributed by atoms with Gasteiger partial charge in [0.25, 0.3) is 0 Å². The number of phenols is 1. The molecule has 0 unspecified atom stereocenters. The summed E-state index contributed by atoms with van der Waals surface area (Å²) in [5, 5.41) is 10.5. The van der Waals surface area contributed by atoms with Crippen LogP contribution in [0.5, 0.6) is 5.75 Å². The molecule has 3 heteroatoms. The Hall–Kier alpha value is -2.13. The lowest BCUT2D eigenvalue weighted by Gasteiger charge is -2.15. The van der Waals surface area contributed by atoms with Gasteiger partial charge in [0.05, 0.1) is 0 Å². The van der Waals surface area contributed by atoms with Crippen LogP contribution in [0.3, 0.4) is 0 Å². The molecule has 0 saturated heterocycles. The van der Waals surface area contributed by atoms with Crippen LogP contribution in [0.1, 0.15) is 23.3 Å². The van der Waals surface area contributed by atoms with E-state index in [-0.39, 0.29) is 11.2 Å². The molecule has 1 aliphatic carbocycles. The topological polar surface area (TPSA) is 37.3 Å². The summed E-state index contributed by atoms with van der Waals surface area (Å²) >= 11 is 1.75. The highest BCUT2D eigenvalue weighted by Crippen LogP contribution is 2.31. The van der Waals surface area contributed by atoms with Crippen molar-refractivity contribution in [1.29, 1.82) is 0 Å². The fourth-order valence-corrected chi connectivity index (χ4v) is 4.47. The van der Waals surface area contributed by atoms with Crippen LogP contribution in [0.4, 0.5) is 0 Å². The van der Waals surface area contributed by atoms with Crippen LogP contribution in [0.15, 0.2) is 47.3 Å². The average molecular weight is 308 g/mol. The van der Waals surface area contributed by atoms with E-state index in [0.717, 1.165) is 46.0 Å². The first-order chi connectivity index (χ1) is 10.7. The Balaban J connectivity index is 1.93. The number of phenolic OH excluding ortho intramolecular Hbond substituents is 1. The van der Waals surface area contributed by atoms with Gasteiger partial charge in [-0.25, -0.2) is 0 Å². The fourth-order valence-electron chi connectivity index (χ4n) is 3.19. The van der Waals surface area contributed by atoms with Crippen LogP contribution in [-0.4, -0.2) is 5.11 Å². The summed E-state index contributed by atoms with van der Waals surface area (Å²) in [4.78, 5) is 13.9. The van der Waals surface area contributed by atoms with Crippen molar-refractivity contribution in [3.8, 4) is 16.9 Å². The standard InChI is InChI=1S/C19H16O2S/c20-14-5-3-4-12(10-14)13-8-9-16-18(11-13)22-17-7-2-1-6-15(17)19(16)21/h3-5,8-11,20H,1-2,6-7H2. The first kappa shape index (κ1) is 13.5. The molecular formula is C19H16O2S. The van der Waals surface area contributed by atoms with Gasteiger partial charge in [-0.1, -0.05) is 18.2 Å². The summed E-state index contributed by atoms with van der Waals surface area (Å²) in [6.07, 6.45) is 4.26. The minimum Gasteiger partial charge on any atom is -0.508 e. The number of rotatable bonds is 1. The maximum atomic E-state index is 12.6. The Kier molecular flexibility index (Phi) is 3.23. The van der Waals surface area contributed by atoms with E-state index >= 15 is 0 Å². The second-order valence-corrected chi connectivity index (χ2v) is 6.94. The summed E-state index contributed by atoms with van der Waals surface area (Å²) in [6, 6.07) is 13.2. The first-order valence-corrected chi connectivity index (χ1v) is 8.42. The predicted molar refractivity (Wildman–Crippen MR) is 91.8 cm³/mol. The Morgan fingerprint density at radius 3 is 2.64 bits per heavy atom. The molecule has 0 fully saturated rings. The van der Waals surface area contributed by atoms with E-state index in [9.17, 15) is 9.90 Å². The largest absolute Gasteiger partial charge is 0.508 e. The van der Waals surface area contributed by atoms with Crippen molar-refractivity contribution in [3.05, 3.63) is 63.1 Å². The lowest BCUT2D eigenvalue weighted by atomic mass is 9.97. The van der Waals surface area contributed by atoms with Crippen molar-refractivity contribution in [2.45, 2.75) is 25.7 Å². The molecule has 110 valence electrons. The van der Waals surface area contributed by atoms with E-state index in [2.05, 4.69) is 6.07 Å². The van der Waals surface area contributed by atoms with Gasteiger partial charge in [0, 0.05) is 20.5 Å². The number of aromatic hydroxyl groups is 1.